The van der Waals surface area contributed by atoms with Crippen LogP contribution in [-0.2, 0) is 0 Å². The zero-order chi connectivity index (χ0) is 15.6. The van der Waals surface area contributed by atoms with Gasteiger partial charge in [-0.3, -0.25) is 4.79 Å². The molecule has 1 aromatic rings. The summed E-state index contributed by atoms with van der Waals surface area (Å²) >= 11 is 0. The van der Waals surface area contributed by atoms with Crippen LogP contribution in [0.3, 0.4) is 0 Å². The highest BCUT2D eigenvalue weighted by Gasteiger charge is 2.23. The monoisotopic (exact) mass is 290 g/mol. The third kappa shape index (κ3) is 3.47. The van der Waals surface area contributed by atoms with E-state index in [1.165, 1.54) is 12.8 Å². The molecular formula is C16H26N4O. The van der Waals surface area contributed by atoms with E-state index in [0.29, 0.717) is 17.3 Å². The first-order chi connectivity index (χ1) is 9.90. The number of hydrogen-bond donors (Lipinski definition) is 1. The van der Waals surface area contributed by atoms with Crippen LogP contribution in [0.4, 0.5) is 11.4 Å². The van der Waals surface area contributed by atoms with Crippen LogP contribution in [0.2, 0.25) is 0 Å². The van der Waals surface area contributed by atoms with Crippen molar-refractivity contribution < 1.29 is 4.79 Å². The van der Waals surface area contributed by atoms with Gasteiger partial charge in [0.2, 0.25) is 0 Å². The fourth-order valence-electron chi connectivity index (χ4n) is 2.89. The maximum absolute atomic E-state index is 12.1. The van der Waals surface area contributed by atoms with Gasteiger partial charge in [0.05, 0.1) is 11.4 Å². The van der Waals surface area contributed by atoms with Crippen molar-refractivity contribution in [1.82, 2.24) is 9.80 Å². The van der Waals surface area contributed by atoms with E-state index in [2.05, 4.69) is 16.8 Å². The molecule has 5 nitrogen and oxygen atoms in total. The lowest BCUT2D eigenvalue weighted by molar-refractivity contribution is 0.0827. The molecule has 0 saturated carbocycles. The van der Waals surface area contributed by atoms with Crippen molar-refractivity contribution in [3.63, 3.8) is 0 Å². The molecule has 1 unspecified atom stereocenters. The molecule has 1 amide bonds. The van der Waals surface area contributed by atoms with Crippen LogP contribution < -0.4 is 10.6 Å². The molecule has 21 heavy (non-hydrogen) atoms. The molecule has 2 N–H and O–H groups in total. The number of nitrogen functional groups attached to an aromatic ring is 1. The fourth-order valence-corrected chi connectivity index (χ4v) is 2.89. The Morgan fingerprint density at radius 2 is 2.10 bits per heavy atom. The predicted molar refractivity (Wildman–Crippen MR) is 87.8 cm³/mol. The third-order valence-electron chi connectivity index (χ3n) is 4.25. The Balaban J connectivity index is 2.17. The number of amides is 1. The van der Waals surface area contributed by atoms with Crippen molar-refractivity contribution in [2.45, 2.75) is 18.9 Å². The minimum Gasteiger partial charge on any atom is -0.397 e. The summed E-state index contributed by atoms with van der Waals surface area (Å²) in [6.45, 7) is 2.09. The molecule has 1 atom stereocenters. The number of carbonyl (C=O) groups excluding carboxylic acids is 1. The highest BCUT2D eigenvalue weighted by atomic mass is 16.2. The number of carbonyl (C=O) groups is 1. The van der Waals surface area contributed by atoms with Crippen molar-refractivity contribution >= 4 is 17.3 Å². The third-order valence-corrected chi connectivity index (χ3v) is 4.25. The van der Waals surface area contributed by atoms with Crippen molar-refractivity contribution in [2.75, 3.05) is 51.9 Å². The number of hydrogen-bond acceptors (Lipinski definition) is 4. The van der Waals surface area contributed by atoms with Crippen molar-refractivity contribution in [3.8, 4) is 0 Å². The first-order valence-electron chi connectivity index (χ1n) is 7.42. The van der Waals surface area contributed by atoms with Crippen LogP contribution in [0.1, 0.15) is 23.2 Å². The number of anilines is 2. The quantitative estimate of drug-likeness (QED) is 0.854. The molecule has 2 rings (SSSR count). The summed E-state index contributed by atoms with van der Waals surface area (Å²) in [6, 6.07) is 6.06. The first kappa shape index (κ1) is 15.6. The van der Waals surface area contributed by atoms with Crippen molar-refractivity contribution in [2.24, 2.45) is 0 Å². The summed E-state index contributed by atoms with van der Waals surface area (Å²) in [4.78, 5) is 18.2. The summed E-state index contributed by atoms with van der Waals surface area (Å²) < 4.78 is 0. The maximum atomic E-state index is 12.1. The van der Waals surface area contributed by atoms with Gasteiger partial charge in [-0.05, 0) is 44.6 Å². The van der Waals surface area contributed by atoms with Gasteiger partial charge < -0.3 is 20.4 Å². The van der Waals surface area contributed by atoms with Crippen LogP contribution in [-0.4, -0.2) is 63.0 Å². The molecule has 1 heterocycles. The minimum absolute atomic E-state index is 0.00244. The van der Waals surface area contributed by atoms with Crippen LogP contribution in [0, 0.1) is 0 Å². The van der Waals surface area contributed by atoms with Gasteiger partial charge in [0.25, 0.3) is 5.91 Å². The Labute approximate surface area is 127 Å². The van der Waals surface area contributed by atoms with Gasteiger partial charge in [0.1, 0.15) is 0 Å². The Hall–Kier alpha value is -1.75. The molecule has 1 saturated heterocycles. The average molecular weight is 290 g/mol. The largest absolute Gasteiger partial charge is 0.397 e. The standard InChI is InChI=1S/C16H26N4O/c1-18(2)16(21)12-7-8-14(17)15(10-12)20(4)11-13-6-5-9-19(13)3/h7-8,10,13H,5-6,9,11,17H2,1-4H3. The molecule has 1 fully saturated rings. The summed E-state index contributed by atoms with van der Waals surface area (Å²) in [5, 5.41) is 0. The summed E-state index contributed by atoms with van der Waals surface area (Å²) in [7, 11) is 7.73. The van der Waals surface area contributed by atoms with Crippen LogP contribution in [0.5, 0.6) is 0 Å². The van der Waals surface area contributed by atoms with E-state index in [1.807, 2.05) is 19.2 Å². The highest BCUT2D eigenvalue weighted by molar-refractivity contribution is 5.96. The molecule has 0 radical (unpaired) electrons. The molecule has 0 aliphatic carbocycles. The van der Waals surface area contributed by atoms with Gasteiger partial charge in [-0.25, -0.2) is 0 Å². The smallest absolute Gasteiger partial charge is 0.253 e. The molecule has 1 aliphatic heterocycles. The molecular weight excluding hydrogens is 264 g/mol. The SMILES string of the molecule is CN(C)C(=O)c1ccc(N)c(N(C)CC2CCCN2C)c1. The number of benzene rings is 1. The van der Waals surface area contributed by atoms with Crippen molar-refractivity contribution in [3.05, 3.63) is 23.8 Å². The number of nitrogens with two attached hydrogens (primary N) is 1. The van der Waals surface area contributed by atoms with Gasteiger partial charge in [-0.15, -0.1) is 0 Å². The Morgan fingerprint density at radius 1 is 1.38 bits per heavy atom. The predicted octanol–water partition coefficient (Wildman–Crippen LogP) is 1.50. The lowest BCUT2D eigenvalue weighted by Crippen LogP contribution is -2.37. The second-order valence-corrected chi connectivity index (χ2v) is 6.13. The topological polar surface area (TPSA) is 52.8 Å². The maximum Gasteiger partial charge on any atom is 0.253 e. The van der Waals surface area contributed by atoms with Crippen LogP contribution in [0.15, 0.2) is 18.2 Å². The van der Waals surface area contributed by atoms with Crippen molar-refractivity contribution in [1.29, 1.82) is 0 Å². The first-order valence-corrected chi connectivity index (χ1v) is 7.42. The van der Waals surface area contributed by atoms with E-state index in [4.69, 9.17) is 5.73 Å². The van der Waals surface area contributed by atoms with Gasteiger partial charge in [-0.1, -0.05) is 0 Å². The zero-order valence-corrected chi connectivity index (χ0v) is 13.5. The zero-order valence-electron chi connectivity index (χ0n) is 13.5. The van der Waals surface area contributed by atoms with Gasteiger partial charge in [0, 0.05) is 39.3 Å². The molecule has 0 bridgehead atoms. The summed E-state index contributed by atoms with van der Waals surface area (Å²) in [6.07, 6.45) is 2.47. The molecule has 1 aliphatic rings. The fraction of sp³-hybridized carbons (Fsp3) is 0.562. The summed E-state index contributed by atoms with van der Waals surface area (Å²) in [5.74, 6) is 0.00244. The minimum atomic E-state index is 0.00244. The Kier molecular flexibility index (Phi) is 4.73. The molecule has 5 heteroatoms. The molecule has 0 spiro atoms. The molecule has 116 valence electrons. The number of likely N-dealkylation sites (N-methyl/N-ethyl adjacent to an activating group) is 2. The van der Waals surface area contributed by atoms with E-state index in [1.54, 1.807) is 25.1 Å². The Morgan fingerprint density at radius 3 is 2.67 bits per heavy atom. The van der Waals surface area contributed by atoms with Crippen LogP contribution in [0.25, 0.3) is 0 Å². The van der Waals surface area contributed by atoms with E-state index in [-0.39, 0.29) is 5.91 Å². The van der Waals surface area contributed by atoms with E-state index >= 15 is 0 Å². The molecule has 1 aromatic carbocycles. The van der Waals surface area contributed by atoms with Gasteiger partial charge >= 0.3 is 0 Å². The number of likely N-dealkylation sites (tertiary alicyclic amines) is 1. The summed E-state index contributed by atoms with van der Waals surface area (Å²) in [5.41, 5.74) is 8.42. The van der Waals surface area contributed by atoms with E-state index in [9.17, 15) is 4.79 Å². The second kappa shape index (κ2) is 6.35. The van der Waals surface area contributed by atoms with Gasteiger partial charge in [-0.2, -0.15) is 0 Å². The van der Waals surface area contributed by atoms with E-state index in [0.717, 1.165) is 18.8 Å². The number of rotatable bonds is 4. The molecule has 0 aromatic heterocycles. The normalized spacial score (nSPS) is 18.8. The average Bonchev–Trinajstić information content (AvgIpc) is 2.83. The highest BCUT2D eigenvalue weighted by Crippen LogP contribution is 2.26. The van der Waals surface area contributed by atoms with Crippen LogP contribution >= 0.6 is 0 Å². The second-order valence-electron chi connectivity index (χ2n) is 6.13. The Bertz CT molecular complexity index is 515. The number of nitrogens with zero attached hydrogens (tertiary/aromatic N) is 3. The van der Waals surface area contributed by atoms with E-state index < -0.39 is 0 Å². The lowest BCUT2D eigenvalue weighted by Gasteiger charge is -2.28. The van der Waals surface area contributed by atoms with Gasteiger partial charge in [0.15, 0.2) is 0 Å². The lowest BCUT2D eigenvalue weighted by atomic mass is 10.1.